The summed E-state index contributed by atoms with van der Waals surface area (Å²) in [6.45, 7) is 2.35. The van der Waals surface area contributed by atoms with Gasteiger partial charge in [0, 0.05) is 27.2 Å². The van der Waals surface area contributed by atoms with E-state index in [4.69, 9.17) is 4.42 Å². The van der Waals surface area contributed by atoms with Crippen molar-refractivity contribution in [2.24, 2.45) is 0 Å². The van der Waals surface area contributed by atoms with Gasteiger partial charge in [0.1, 0.15) is 5.58 Å². The Hall–Kier alpha value is -6.06. The first-order valence-corrected chi connectivity index (χ1v) is 16.7. The van der Waals surface area contributed by atoms with Crippen LogP contribution in [0.4, 0.5) is 17.1 Å². The highest BCUT2D eigenvalue weighted by atomic mass is 16.3. The Morgan fingerprint density at radius 1 is 0.583 bits per heavy atom. The van der Waals surface area contributed by atoms with Gasteiger partial charge >= 0.3 is 0 Å². The number of benzene rings is 7. The van der Waals surface area contributed by atoms with Crippen molar-refractivity contribution in [1.82, 2.24) is 4.57 Å². The lowest BCUT2D eigenvalue weighted by molar-refractivity contribution is 0.438. The second-order valence-corrected chi connectivity index (χ2v) is 13.2. The quantitative estimate of drug-likeness (QED) is 0.196. The van der Waals surface area contributed by atoms with E-state index in [1.807, 2.05) is 0 Å². The van der Waals surface area contributed by atoms with Crippen LogP contribution in [0, 0.1) is 0 Å². The number of rotatable bonds is 4. The molecule has 3 nitrogen and oxygen atoms in total. The molecule has 0 radical (unpaired) electrons. The zero-order valence-corrected chi connectivity index (χ0v) is 26.6. The molecule has 1 aliphatic rings. The van der Waals surface area contributed by atoms with Gasteiger partial charge in [-0.2, -0.15) is 0 Å². The van der Waals surface area contributed by atoms with Gasteiger partial charge in [0.05, 0.1) is 27.9 Å². The van der Waals surface area contributed by atoms with Crippen molar-refractivity contribution in [2.45, 2.75) is 18.9 Å². The summed E-state index contributed by atoms with van der Waals surface area (Å²) in [6.07, 6.45) is 9.90. The number of aromatic nitrogens is 1. The van der Waals surface area contributed by atoms with Gasteiger partial charge in [0.15, 0.2) is 5.58 Å². The van der Waals surface area contributed by atoms with Crippen LogP contribution in [0.15, 0.2) is 168 Å². The van der Waals surface area contributed by atoms with Crippen LogP contribution in [-0.2, 0) is 5.54 Å². The molecule has 48 heavy (non-hydrogen) atoms. The minimum Gasteiger partial charge on any atom is -0.454 e. The zero-order valence-electron chi connectivity index (χ0n) is 26.6. The van der Waals surface area contributed by atoms with Gasteiger partial charge in [0.2, 0.25) is 0 Å². The maximum atomic E-state index is 6.83. The number of hydrogen-bond acceptors (Lipinski definition) is 2. The molecule has 3 heteroatoms. The predicted molar refractivity (Wildman–Crippen MR) is 203 cm³/mol. The molecule has 0 saturated heterocycles. The molecular formula is C45H32N2O. The second kappa shape index (κ2) is 10.2. The number of hydrogen-bond donors (Lipinski definition) is 0. The molecular weight excluding hydrogens is 585 g/mol. The fourth-order valence-corrected chi connectivity index (χ4v) is 7.98. The largest absolute Gasteiger partial charge is 0.454 e. The first kappa shape index (κ1) is 27.1. The molecule has 7 aromatic carbocycles. The van der Waals surface area contributed by atoms with Crippen LogP contribution in [0.3, 0.4) is 0 Å². The minimum atomic E-state index is -0.214. The first-order chi connectivity index (χ1) is 23.7. The van der Waals surface area contributed by atoms with Crippen molar-refractivity contribution in [1.29, 1.82) is 0 Å². The maximum Gasteiger partial charge on any atom is 0.159 e. The Morgan fingerprint density at radius 3 is 2.00 bits per heavy atom. The molecule has 0 amide bonds. The van der Waals surface area contributed by atoms with Crippen LogP contribution >= 0.6 is 0 Å². The predicted octanol–water partition coefficient (Wildman–Crippen LogP) is 12.7. The second-order valence-electron chi connectivity index (χ2n) is 13.2. The molecule has 1 unspecified atom stereocenters. The van der Waals surface area contributed by atoms with E-state index in [9.17, 15) is 0 Å². The highest BCUT2D eigenvalue weighted by molar-refractivity contribution is 6.20. The van der Waals surface area contributed by atoms with Crippen LogP contribution < -0.4 is 4.90 Å². The summed E-state index contributed by atoms with van der Waals surface area (Å²) < 4.78 is 9.39. The lowest BCUT2D eigenvalue weighted by Gasteiger charge is -2.31. The van der Waals surface area contributed by atoms with Crippen molar-refractivity contribution in [2.75, 3.05) is 4.90 Å². The van der Waals surface area contributed by atoms with Crippen molar-refractivity contribution < 1.29 is 4.42 Å². The normalized spacial score (nSPS) is 16.3. The van der Waals surface area contributed by atoms with Crippen molar-refractivity contribution in [3.8, 4) is 0 Å². The minimum absolute atomic E-state index is 0.214. The molecule has 0 saturated carbocycles. The lowest BCUT2D eigenvalue weighted by atomic mass is 9.92. The average Bonchev–Trinajstić information content (AvgIpc) is 3.66. The topological polar surface area (TPSA) is 21.3 Å². The number of nitrogens with zero attached hydrogens (tertiary/aromatic N) is 2. The summed E-state index contributed by atoms with van der Waals surface area (Å²) in [5.41, 5.74) is 7.23. The van der Waals surface area contributed by atoms with Crippen LogP contribution in [-0.4, -0.2) is 4.57 Å². The van der Waals surface area contributed by atoms with Crippen LogP contribution in [0.25, 0.3) is 65.3 Å². The van der Waals surface area contributed by atoms with E-state index in [0.29, 0.717) is 0 Å². The highest BCUT2D eigenvalue weighted by Gasteiger charge is 2.30. The third-order valence-electron chi connectivity index (χ3n) is 10.2. The molecule has 1 atom stereocenters. The molecule has 10 rings (SSSR count). The van der Waals surface area contributed by atoms with E-state index in [1.165, 1.54) is 43.4 Å². The number of para-hydroxylation sites is 2. The zero-order chi connectivity index (χ0) is 31.8. The van der Waals surface area contributed by atoms with Gasteiger partial charge in [-0.05, 0) is 89.5 Å². The number of fused-ring (bicyclic) bond motifs is 8. The fourth-order valence-electron chi connectivity index (χ4n) is 7.98. The van der Waals surface area contributed by atoms with E-state index in [-0.39, 0.29) is 5.54 Å². The maximum absolute atomic E-state index is 6.83. The van der Waals surface area contributed by atoms with E-state index >= 15 is 0 Å². The summed E-state index contributed by atoms with van der Waals surface area (Å²) in [7, 11) is 0. The molecule has 2 aromatic heterocycles. The molecule has 0 fully saturated rings. The summed E-state index contributed by atoms with van der Waals surface area (Å²) in [5.74, 6) is 0. The monoisotopic (exact) mass is 616 g/mol. The van der Waals surface area contributed by atoms with Crippen molar-refractivity contribution in [3.05, 3.63) is 164 Å². The first-order valence-electron chi connectivity index (χ1n) is 16.7. The average molecular weight is 617 g/mol. The fraction of sp³-hybridized carbons (Fsp3) is 0.0667. The van der Waals surface area contributed by atoms with Gasteiger partial charge in [0.25, 0.3) is 0 Å². The molecule has 228 valence electrons. The Kier molecular flexibility index (Phi) is 5.77. The Balaban J connectivity index is 1.32. The molecule has 2 heterocycles. The Morgan fingerprint density at radius 2 is 1.25 bits per heavy atom. The Bertz CT molecular complexity index is 2780. The van der Waals surface area contributed by atoms with Gasteiger partial charge in [-0.1, -0.05) is 109 Å². The number of anilines is 3. The van der Waals surface area contributed by atoms with Crippen molar-refractivity contribution >= 4 is 82.4 Å². The third-order valence-corrected chi connectivity index (χ3v) is 10.2. The van der Waals surface area contributed by atoms with E-state index < -0.39 is 0 Å². The van der Waals surface area contributed by atoms with Crippen LogP contribution in [0.2, 0.25) is 0 Å². The molecule has 9 aromatic rings. The van der Waals surface area contributed by atoms with Gasteiger partial charge in [-0.3, -0.25) is 0 Å². The third kappa shape index (κ3) is 3.94. The summed E-state index contributed by atoms with van der Waals surface area (Å²) in [4.78, 5) is 2.39. The summed E-state index contributed by atoms with van der Waals surface area (Å²) >= 11 is 0. The summed E-state index contributed by atoms with van der Waals surface area (Å²) in [6, 6.07) is 50.4. The van der Waals surface area contributed by atoms with Crippen LogP contribution in [0.1, 0.15) is 13.3 Å². The highest BCUT2D eigenvalue weighted by Crippen LogP contribution is 2.48. The number of furan rings is 1. The number of allylic oxidation sites excluding steroid dienone is 4. The molecule has 0 bridgehead atoms. The van der Waals surface area contributed by atoms with Gasteiger partial charge in [-0.25, -0.2) is 0 Å². The molecule has 0 N–H and O–H groups in total. The smallest absolute Gasteiger partial charge is 0.159 e. The molecule has 1 aliphatic carbocycles. The standard InChI is InChI=1S/C45H32N2O/c1-45(24-10-3-11-25-45)47-39-22-13-21-38(43(39)37-27-31-15-6-8-16-32(31)28-41(37)47)46(34-18-4-2-5-19-34)40-23-12-20-35-36-26-30-14-7-9-17-33(30)29-42(36)48-44(35)40/h2-24,26-29H,25H2,1H3. The molecule has 0 aliphatic heterocycles. The van der Waals surface area contributed by atoms with E-state index in [1.54, 1.807) is 0 Å². The SMILES string of the molecule is CC1(n2c3cc4ccccc4cc3c3c(N(c4ccccc4)c4cccc5c4oc4cc6ccccc6cc45)cccc32)C=CC=CC1. The van der Waals surface area contributed by atoms with E-state index in [2.05, 4.69) is 180 Å². The van der Waals surface area contributed by atoms with E-state index in [0.717, 1.165) is 45.4 Å². The summed E-state index contributed by atoms with van der Waals surface area (Å²) in [5, 5.41) is 9.58. The Labute approximate surface area is 278 Å². The van der Waals surface area contributed by atoms with Gasteiger partial charge < -0.3 is 13.9 Å². The van der Waals surface area contributed by atoms with Gasteiger partial charge in [-0.15, -0.1) is 0 Å². The lowest BCUT2D eigenvalue weighted by Crippen LogP contribution is -2.27. The molecule has 0 spiro atoms. The van der Waals surface area contributed by atoms with Crippen LogP contribution in [0.5, 0.6) is 0 Å². The van der Waals surface area contributed by atoms with Crippen molar-refractivity contribution in [3.63, 3.8) is 0 Å².